The van der Waals surface area contributed by atoms with Gasteiger partial charge in [0.05, 0.1) is 21.3 Å². The predicted molar refractivity (Wildman–Crippen MR) is 87.0 cm³/mol. The van der Waals surface area contributed by atoms with Crippen molar-refractivity contribution < 1.29 is 4.39 Å². The van der Waals surface area contributed by atoms with E-state index < -0.39 is 0 Å². The van der Waals surface area contributed by atoms with E-state index in [1.54, 1.807) is 36.6 Å². The molecule has 3 aromatic rings. The second kappa shape index (κ2) is 5.81. The molecule has 1 N–H and O–H groups in total. The van der Waals surface area contributed by atoms with E-state index in [-0.39, 0.29) is 5.82 Å². The minimum atomic E-state index is -0.226. The zero-order chi connectivity index (χ0) is 15.7. The Balaban J connectivity index is 1.91. The number of rotatable bonds is 3. The molecule has 4 nitrogen and oxygen atoms in total. The van der Waals surface area contributed by atoms with Crippen LogP contribution in [0.3, 0.4) is 0 Å². The number of aryl methyl sites for hydroxylation is 3. The molecule has 3 rings (SSSR count). The van der Waals surface area contributed by atoms with Crippen molar-refractivity contribution in [3.05, 3.63) is 52.5 Å². The van der Waals surface area contributed by atoms with Gasteiger partial charge in [-0.15, -0.1) is 11.3 Å². The minimum Gasteiger partial charge on any atom is -0.324 e. The molecule has 0 saturated heterocycles. The van der Waals surface area contributed by atoms with Crippen molar-refractivity contribution in [1.29, 1.82) is 0 Å². The zero-order valence-electron chi connectivity index (χ0n) is 12.5. The van der Waals surface area contributed by atoms with Crippen molar-refractivity contribution in [2.45, 2.75) is 20.8 Å². The lowest BCUT2D eigenvalue weighted by atomic mass is 10.2. The molecule has 0 spiro atoms. The van der Waals surface area contributed by atoms with Gasteiger partial charge in [-0.1, -0.05) is 0 Å². The summed E-state index contributed by atoms with van der Waals surface area (Å²) in [6.07, 6.45) is 1.70. The van der Waals surface area contributed by atoms with Gasteiger partial charge in [-0.2, -0.15) is 0 Å². The smallest absolute Gasteiger partial charge is 0.227 e. The quantitative estimate of drug-likeness (QED) is 0.778. The second-order valence-electron chi connectivity index (χ2n) is 5.00. The third kappa shape index (κ3) is 2.96. The minimum absolute atomic E-state index is 0.226. The van der Waals surface area contributed by atoms with Crippen molar-refractivity contribution in [1.82, 2.24) is 15.0 Å². The largest absolute Gasteiger partial charge is 0.324 e. The summed E-state index contributed by atoms with van der Waals surface area (Å²) in [4.78, 5) is 14.2. The monoisotopic (exact) mass is 314 g/mol. The first-order chi connectivity index (χ1) is 10.5. The molecule has 112 valence electrons. The van der Waals surface area contributed by atoms with Crippen LogP contribution in [0, 0.1) is 26.6 Å². The summed E-state index contributed by atoms with van der Waals surface area (Å²) < 4.78 is 13.3. The number of hydrogen-bond donors (Lipinski definition) is 1. The van der Waals surface area contributed by atoms with Crippen molar-refractivity contribution in [3.8, 4) is 10.6 Å². The third-order valence-corrected chi connectivity index (χ3v) is 4.30. The highest BCUT2D eigenvalue weighted by molar-refractivity contribution is 7.15. The van der Waals surface area contributed by atoms with E-state index in [1.165, 1.54) is 6.07 Å². The standard InChI is InChI=1S/C16H15FN4S/c1-9-8-12(4-5-13(9)17)20-16-18-7-6-14(21-16)15-10(2)19-11(3)22-15/h4-8H,1-3H3,(H,18,20,21). The lowest BCUT2D eigenvalue weighted by molar-refractivity contribution is 0.619. The van der Waals surface area contributed by atoms with Crippen molar-refractivity contribution >= 4 is 23.0 Å². The average molecular weight is 314 g/mol. The Labute approximate surface area is 132 Å². The number of aromatic nitrogens is 3. The number of hydrogen-bond acceptors (Lipinski definition) is 5. The van der Waals surface area contributed by atoms with E-state index in [9.17, 15) is 4.39 Å². The number of nitrogens with zero attached hydrogens (tertiary/aromatic N) is 3. The maximum absolute atomic E-state index is 13.3. The number of nitrogens with one attached hydrogen (secondary N) is 1. The Bertz CT molecular complexity index is 829. The molecule has 0 unspecified atom stereocenters. The molecule has 1 aromatic carbocycles. The second-order valence-corrected chi connectivity index (χ2v) is 6.21. The van der Waals surface area contributed by atoms with E-state index in [0.717, 1.165) is 27.0 Å². The molecular weight excluding hydrogens is 299 g/mol. The lowest BCUT2D eigenvalue weighted by Gasteiger charge is -2.07. The van der Waals surface area contributed by atoms with Gasteiger partial charge < -0.3 is 5.32 Å². The summed E-state index contributed by atoms with van der Waals surface area (Å²) in [6.45, 7) is 5.67. The van der Waals surface area contributed by atoms with Crippen molar-refractivity contribution in [3.63, 3.8) is 0 Å². The van der Waals surface area contributed by atoms with E-state index >= 15 is 0 Å². The van der Waals surface area contributed by atoms with E-state index in [0.29, 0.717) is 11.5 Å². The molecule has 0 atom stereocenters. The molecule has 22 heavy (non-hydrogen) atoms. The molecule has 2 heterocycles. The van der Waals surface area contributed by atoms with Crippen LogP contribution in [0.2, 0.25) is 0 Å². The third-order valence-electron chi connectivity index (χ3n) is 3.21. The van der Waals surface area contributed by atoms with Gasteiger partial charge >= 0.3 is 0 Å². The first-order valence-corrected chi connectivity index (χ1v) is 7.65. The van der Waals surface area contributed by atoms with Crippen LogP contribution < -0.4 is 5.32 Å². The maximum Gasteiger partial charge on any atom is 0.227 e. The van der Waals surface area contributed by atoms with E-state index in [1.807, 2.05) is 19.9 Å². The number of thiazole rings is 1. The van der Waals surface area contributed by atoms with E-state index in [4.69, 9.17) is 0 Å². The average Bonchev–Trinajstić information content (AvgIpc) is 2.82. The van der Waals surface area contributed by atoms with Gasteiger partial charge in [0.15, 0.2) is 0 Å². The molecule has 0 radical (unpaired) electrons. The number of halogens is 1. The highest BCUT2D eigenvalue weighted by atomic mass is 32.1. The fourth-order valence-electron chi connectivity index (χ4n) is 2.17. The molecule has 0 bridgehead atoms. The number of anilines is 2. The molecule has 0 aliphatic rings. The molecule has 0 saturated carbocycles. The summed E-state index contributed by atoms with van der Waals surface area (Å²) in [7, 11) is 0. The van der Waals surface area contributed by atoms with Crippen molar-refractivity contribution in [2.75, 3.05) is 5.32 Å². The molecule has 0 aliphatic carbocycles. The van der Waals surface area contributed by atoms with Gasteiger partial charge in [0.2, 0.25) is 5.95 Å². The van der Waals surface area contributed by atoms with E-state index in [2.05, 4.69) is 20.3 Å². The van der Waals surface area contributed by atoms with Crippen LogP contribution in [0.1, 0.15) is 16.3 Å². The SMILES string of the molecule is Cc1nc(C)c(-c2ccnc(Nc3ccc(F)c(C)c3)n2)s1. The van der Waals surface area contributed by atoms with Crippen LogP contribution in [0.25, 0.3) is 10.6 Å². The van der Waals surface area contributed by atoms with Crippen LogP contribution >= 0.6 is 11.3 Å². The first-order valence-electron chi connectivity index (χ1n) is 6.83. The predicted octanol–water partition coefficient (Wildman–Crippen LogP) is 4.41. The summed E-state index contributed by atoms with van der Waals surface area (Å²) >= 11 is 1.61. The molecule has 6 heteroatoms. The van der Waals surface area contributed by atoms with Crippen LogP contribution in [0.5, 0.6) is 0 Å². The Morgan fingerprint density at radius 1 is 1.09 bits per heavy atom. The van der Waals surface area contributed by atoms with Gasteiger partial charge in [-0.05, 0) is 50.6 Å². The summed E-state index contributed by atoms with van der Waals surface area (Å²) in [5, 5.41) is 4.11. The summed E-state index contributed by atoms with van der Waals surface area (Å²) in [5.41, 5.74) is 3.13. The van der Waals surface area contributed by atoms with Gasteiger partial charge in [0.25, 0.3) is 0 Å². The van der Waals surface area contributed by atoms with Crippen LogP contribution in [-0.4, -0.2) is 15.0 Å². The van der Waals surface area contributed by atoms with Crippen LogP contribution in [-0.2, 0) is 0 Å². The van der Waals surface area contributed by atoms with Crippen LogP contribution in [0.4, 0.5) is 16.0 Å². The number of benzene rings is 1. The Kier molecular flexibility index (Phi) is 3.85. The van der Waals surface area contributed by atoms with Crippen LogP contribution in [0.15, 0.2) is 30.5 Å². The first kappa shape index (κ1) is 14.6. The van der Waals surface area contributed by atoms with Gasteiger partial charge in [0, 0.05) is 11.9 Å². The molecule has 0 amide bonds. The highest BCUT2D eigenvalue weighted by Crippen LogP contribution is 2.28. The summed E-state index contributed by atoms with van der Waals surface area (Å²) in [6, 6.07) is 6.69. The van der Waals surface area contributed by atoms with Crippen molar-refractivity contribution in [2.24, 2.45) is 0 Å². The fourth-order valence-corrected chi connectivity index (χ4v) is 3.06. The summed E-state index contributed by atoms with van der Waals surface area (Å²) in [5.74, 6) is 0.255. The molecule has 0 aliphatic heterocycles. The molecule has 0 fully saturated rings. The van der Waals surface area contributed by atoms with Gasteiger partial charge in [0.1, 0.15) is 5.82 Å². The van der Waals surface area contributed by atoms with Gasteiger partial charge in [-0.3, -0.25) is 0 Å². The molecule has 2 aromatic heterocycles. The normalized spacial score (nSPS) is 10.7. The zero-order valence-corrected chi connectivity index (χ0v) is 13.3. The Morgan fingerprint density at radius 3 is 2.59 bits per heavy atom. The topological polar surface area (TPSA) is 50.7 Å². The fraction of sp³-hybridized carbons (Fsp3) is 0.188. The Hall–Kier alpha value is -2.34. The maximum atomic E-state index is 13.3. The van der Waals surface area contributed by atoms with Gasteiger partial charge in [-0.25, -0.2) is 19.3 Å². The lowest BCUT2D eigenvalue weighted by Crippen LogP contribution is -1.98. The molecular formula is C16H15FN4S. The highest BCUT2D eigenvalue weighted by Gasteiger charge is 2.10. The Morgan fingerprint density at radius 2 is 1.91 bits per heavy atom.